The summed E-state index contributed by atoms with van der Waals surface area (Å²) < 4.78 is 7.10. The van der Waals surface area contributed by atoms with Crippen molar-refractivity contribution in [1.82, 2.24) is 25.1 Å². The average Bonchev–Trinajstić information content (AvgIpc) is 3.26. The van der Waals surface area contributed by atoms with Crippen LogP contribution in [0.4, 0.5) is 5.69 Å². The predicted molar refractivity (Wildman–Crippen MR) is 95.2 cm³/mol. The molecule has 0 N–H and O–H groups in total. The molecule has 0 radical (unpaired) electrons. The second-order valence-electron chi connectivity index (χ2n) is 7.16. The minimum absolute atomic E-state index is 0.241. The lowest BCUT2D eigenvalue weighted by Crippen LogP contribution is -2.50. The van der Waals surface area contributed by atoms with Crippen LogP contribution in [-0.4, -0.2) is 50.6 Å². The van der Waals surface area contributed by atoms with E-state index in [1.807, 2.05) is 28.9 Å². The normalized spacial score (nSPS) is 24.6. The van der Waals surface area contributed by atoms with Gasteiger partial charge >= 0.3 is 0 Å². The first-order valence-corrected chi connectivity index (χ1v) is 8.94. The summed E-state index contributed by atoms with van der Waals surface area (Å²) in [5, 5.41) is 12.5. The molecule has 1 saturated heterocycles. The van der Waals surface area contributed by atoms with E-state index in [0.29, 0.717) is 12.0 Å². The number of aliphatic imine (C=N–C) groups is 1. The highest BCUT2D eigenvalue weighted by Crippen LogP contribution is 2.38. The zero-order valence-corrected chi connectivity index (χ0v) is 15.0. The Balaban J connectivity index is 1.78. The summed E-state index contributed by atoms with van der Waals surface area (Å²) in [4.78, 5) is 7.48. The molecule has 2 aliphatic rings. The van der Waals surface area contributed by atoms with Crippen molar-refractivity contribution in [2.24, 2.45) is 10.9 Å². The Morgan fingerprint density at radius 1 is 1.28 bits per heavy atom. The Hall–Kier alpha value is -2.28. The van der Waals surface area contributed by atoms with E-state index in [4.69, 9.17) is 9.73 Å². The van der Waals surface area contributed by atoms with Gasteiger partial charge in [-0.3, -0.25) is 4.90 Å². The van der Waals surface area contributed by atoms with E-state index in [2.05, 4.69) is 34.3 Å². The molecule has 4 rings (SSSR count). The summed E-state index contributed by atoms with van der Waals surface area (Å²) in [5.41, 5.74) is 0.892. The van der Waals surface area contributed by atoms with Gasteiger partial charge in [0.2, 0.25) is 0 Å². The number of ether oxygens (including phenoxy) is 1. The van der Waals surface area contributed by atoms with Crippen LogP contribution < -0.4 is 4.74 Å². The van der Waals surface area contributed by atoms with Crippen molar-refractivity contribution in [2.75, 3.05) is 13.7 Å². The molecule has 1 aromatic carbocycles. The number of nitrogens with zero attached hydrogens (tertiary/aromatic N) is 6. The zero-order chi connectivity index (χ0) is 17.4. The number of hydrogen-bond donors (Lipinski definition) is 0. The average molecular weight is 340 g/mol. The van der Waals surface area contributed by atoms with Crippen molar-refractivity contribution in [3.05, 3.63) is 30.1 Å². The third-order valence-electron chi connectivity index (χ3n) is 5.01. The van der Waals surface area contributed by atoms with E-state index in [-0.39, 0.29) is 6.04 Å². The molecule has 2 atom stereocenters. The fraction of sp³-hybridized carbons (Fsp3) is 0.556. The highest BCUT2D eigenvalue weighted by Gasteiger charge is 2.43. The van der Waals surface area contributed by atoms with Crippen LogP contribution in [0.5, 0.6) is 5.75 Å². The summed E-state index contributed by atoms with van der Waals surface area (Å²) in [5.74, 6) is 3.25. The monoisotopic (exact) mass is 340 g/mol. The second-order valence-corrected chi connectivity index (χ2v) is 7.16. The molecule has 7 nitrogen and oxygen atoms in total. The molecule has 2 aromatic rings. The molecule has 0 spiro atoms. The summed E-state index contributed by atoms with van der Waals surface area (Å²) in [6.45, 7) is 5.59. The maximum atomic E-state index is 5.24. The number of hydrogen-bond acceptors (Lipinski definition) is 6. The third-order valence-corrected chi connectivity index (χ3v) is 5.01. The second kappa shape index (κ2) is 6.55. The van der Waals surface area contributed by atoms with Gasteiger partial charge in [-0.15, -0.1) is 5.10 Å². The van der Waals surface area contributed by atoms with Gasteiger partial charge in [-0.1, -0.05) is 13.8 Å². The van der Waals surface area contributed by atoms with Crippen molar-refractivity contribution in [1.29, 1.82) is 0 Å². The fourth-order valence-corrected chi connectivity index (χ4v) is 3.89. The van der Waals surface area contributed by atoms with Crippen molar-refractivity contribution >= 4 is 11.5 Å². The molecule has 132 valence electrons. The number of tetrazole rings is 1. The Labute approximate surface area is 147 Å². The Bertz CT molecular complexity index is 766. The third kappa shape index (κ3) is 2.93. The van der Waals surface area contributed by atoms with Crippen LogP contribution in [0.3, 0.4) is 0 Å². The molecule has 0 bridgehead atoms. The topological polar surface area (TPSA) is 68.4 Å². The van der Waals surface area contributed by atoms with E-state index >= 15 is 0 Å². The standard InChI is InChI=1S/C18H24N6O/c1-12(2)11-16-17(19-13-6-8-14(25-3)9-7-13)24-18(20-21-22-24)15-5-4-10-23(15)16/h6-9,12,15-16H,4-5,10-11H2,1-3H3/t15-,16+/m0/s1. The first kappa shape index (κ1) is 16.2. The van der Waals surface area contributed by atoms with Gasteiger partial charge in [0.1, 0.15) is 5.75 Å². The highest BCUT2D eigenvalue weighted by molar-refractivity contribution is 5.92. The summed E-state index contributed by atoms with van der Waals surface area (Å²) in [7, 11) is 1.67. The molecular formula is C18H24N6O. The zero-order valence-electron chi connectivity index (χ0n) is 15.0. The van der Waals surface area contributed by atoms with Gasteiger partial charge in [-0.05, 0) is 66.4 Å². The minimum Gasteiger partial charge on any atom is -0.497 e. The number of benzene rings is 1. The molecule has 0 saturated carbocycles. The van der Waals surface area contributed by atoms with Crippen LogP contribution in [0.1, 0.15) is 45.0 Å². The van der Waals surface area contributed by atoms with Crippen LogP contribution in [0.2, 0.25) is 0 Å². The first-order valence-electron chi connectivity index (χ1n) is 8.94. The highest BCUT2D eigenvalue weighted by atomic mass is 16.5. The van der Waals surface area contributed by atoms with Crippen LogP contribution in [-0.2, 0) is 0 Å². The van der Waals surface area contributed by atoms with E-state index in [1.54, 1.807) is 7.11 Å². The first-order chi connectivity index (χ1) is 12.2. The van der Waals surface area contributed by atoms with Gasteiger partial charge in [0.15, 0.2) is 11.7 Å². The molecule has 0 unspecified atom stereocenters. The van der Waals surface area contributed by atoms with Gasteiger partial charge in [-0.25, -0.2) is 4.99 Å². The SMILES string of the molecule is COc1ccc(N=C2[C@@H](CC(C)C)N3CCC[C@H]3c3nnnn32)cc1. The fourth-order valence-electron chi connectivity index (χ4n) is 3.89. The minimum atomic E-state index is 0.241. The molecule has 0 amide bonds. The van der Waals surface area contributed by atoms with Crippen LogP contribution in [0.15, 0.2) is 29.3 Å². The number of fused-ring (bicyclic) bond motifs is 3. The van der Waals surface area contributed by atoms with Gasteiger partial charge in [0, 0.05) is 0 Å². The number of rotatable bonds is 4. The lowest BCUT2D eigenvalue weighted by molar-refractivity contribution is 0.178. The van der Waals surface area contributed by atoms with Crippen LogP contribution in [0.25, 0.3) is 0 Å². The largest absolute Gasteiger partial charge is 0.497 e. The molecule has 1 fully saturated rings. The van der Waals surface area contributed by atoms with E-state index in [0.717, 1.165) is 42.5 Å². The maximum Gasteiger partial charge on any atom is 0.175 e. The van der Waals surface area contributed by atoms with Gasteiger partial charge in [0.25, 0.3) is 0 Å². The number of aromatic nitrogens is 4. The van der Waals surface area contributed by atoms with Crippen molar-refractivity contribution in [3.63, 3.8) is 0 Å². The molecule has 0 aliphatic carbocycles. The quantitative estimate of drug-likeness (QED) is 0.856. The lowest BCUT2D eigenvalue weighted by atomic mass is 9.98. The smallest absolute Gasteiger partial charge is 0.175 e. The molecule has 1 aromatic heterocycles. The van der Waals surface area contributed by atoms with Crippen molar-refractivity contribution in [2.45, 2.75) is 45.2 Å². The Morgan fingerprint density at radius 2 is 2.08 bits per heavy atom. The van der Waals surface area contributed by atoms with E-state index in [1.165, 1.54) is 6.42 Å². The Kier molecular flexibility index (Phi) is 4.25. The molecule has 3 heterocycles. The summed E-state index contributed by atoms with van der Waals surface area (Å²) >= 11 is 0. The maximum absolute atomic E-state index is 5.24. The van der Waals surface area contributed by atoms with Crippen LogP contribution >= 0.6 is 0 Å². The van der Waals surface area contributed by atoms with Crippen molar-refractivity contribution in [3.8, 4) is 5.75 Å². The molecule has 7 heteroatoms. The summed E-state index contributed by atoms with van der Waals surface area (Å²) in [6.07, 6.45) is 3.34. The predicted octanol–water partition coefficient (Wildman–Crippen LogP) is 2.83. The van der Waals surface area contributed by atoms with Gasteiger partial charge in [0.05, 0.1) is 24.9 Å². The van der Waals surface area contributed by atoms with Gasteiger partial charge in [-0.2, -0.15) is 4.68 Å². The number of methoxy groups -OCH3 is 1. The molecule has 25 heavy (non-hydrogen) atoms. The molecular weight excluding hydrogens is 316 g/mol. The summed E-state index contributed by atoms with van der Waals surface area (Å²) in [6, 6.07) is 8.35. The van der Waals surface area contributed by atoms with Crippen molar-refractivity contribution < 1.29 is 4.74 Å². The van der Waals surface area contributed by atoms with Crippen LogP contribution in [0, 0.1) is 5.92 Å². The van der Waals surface area contributed by atoms with Gasteiger partial charge < -0.3 is 4.74 Å². The molecule has 2 aliphatic heterocycles. The lowest BCUT2D eigenvalue weighted by Gasteiger charge is -2.38. The van der Waals surface area contributed by atoms with E-state index in [9.17, 15) is 0 Å². The van der Waals surface area contributed by atoms with E-state index < -0.39 is 0 Å². The Morgan fingerprint density at radius 3 is 2.80 bits per heavy atom.